The largest absolute Gasteiger partial charge is 0.493 e. The molecule has 0 bridgehead atoms. The SMILES string of the molecule is CC#CCN1c2c(nc(S(=O)(=O)CC)n(C)c2=O)N(OC(=O)C(F)(F)F)C1N1CCNCC1. The second kappa shape index (κ2) is 9.20. The predicted molar refractivity (Wildman–Crippen MR) is 111 cm³/mol. The van der Waals surface area contributed by atoms with E-state index in [-0.39, 0.29) is 12.2 Å². The maximum Gasteiger partial charge on any atom is 0.493 e. The highest BCUT2D eigenvalue weighted by molar-refractivity contribution is 7.91. The highest BCUT2D eigenvalue weighted by Gasteiger charge is 2.50. The van der Waals surface area contributed by atoms with Crippen molar-refractivity contribution < 1.29 is 31.2 Å². The second-order valence-corrected chi connectivity index (χ2v) is 9.40. The van der Waals surface area contributed by atoms with E-state index >= 15 is 0 Å². The van der Waals surface area contributed by atoms with Crippen molar-refractivity contribution in [3.63, 3.8) is 0 Å². The summed E-state index contributed by atoms with van der Waals surface area (Å²) in [5.74, 6) is 1.98. The zero-order valence-corrected chi connectivity index (χ0v) is 19.0. The number of aromatic nitrogens is 2. The Kier molecular flexibility index (Phi) is 6.91. The van der Waals surface area contributed by atoms with Crippen LogP contribution in [0.1, 0.15) is 13.8 Å². The predicted octanol–water partition coefficient (Wildman–Crippen LogP) is -0.567. The van der Waals surface area contributed by atoms with Crippen LogP contribution in [0.4, 0.5) is 24.7 Å². The van der Waals surface area contributed by atoms with E-state index in [2.05, 4.69) is 27.0 Å². The highest BCUT2D eigenvalue weighted by atomic mass is 32.2. The quantitative estimate of drug-likeness (QED) is 0.423. The molecule has 0 aliphatic carbocycles. The summed E-state index contributed by atoms with van der Waals surface area (Å²) in [6.07, 6.45) is -6.52. The lowest BCUT2D eigenvalue weighted by Crippen LogP contribution is -2.61. The van der Waals surface area contributed by atoms with Crippen LogP contribution in [0.5, 0.6) is 0 Å². The fraction of sp³-hybridized carbons (Fsp3) is 0.611. The number of carbonyl (C=O) groups is 1. The van der Waals surface area contributed by atoms with E-state index in [1.54, 1.807) is 11.8 Å². The molecule has 1 aromatic heterocycles. The van der Waals surface area contributed by atoms with Crippen molar-refractivity contribution in [2.45, 2.75) is 31.5 Å². The molecule has 0 spiro atoms. The molecule has 0 saturated carbocycles. The molecule has 1 N–H and O–H groups in total. The van der Waals surface area contributed by atoms with E-state index in [0.29, 0.717) is 31.2 Å². The van der Waals surface area contributed by atoms with Crippen molar-refractivity contribution in [1.29, 1.82) is 0 Å². The van der Waals surface area contributed by atoms with Gasteiger partial charge in [-0.05, 0) is 6.92 Å². The first-order valence-corrected chi connectivity index (χ1v) is 11.6. The number of piperazine rings is 1. The monoisotopic (exact) mass is 492 g/mol. The minimum atomic E-state index is -5.33. The molecule has 3 rings (SSSR count). The van der Waals surface area contributed by atoms with Gasteiger partial charge in [0.2, 0.25) is 15.0 Å². The number of sulfone groups is 1. The van der Waals surface area contributed by atoms with Crippen LogP contribution in [0.25, 0.3) is 0 Å². The maximum atomic E-state index is 13.2. The summed E-state index contributed by atoms with van der Waals surface area (Å²) in [5.41, 5.74) is -1.04. The summed E-state index contributed by atoms with van der Waals surface area (Å²) in [6.45, 7) is 4.44. The van der Waals surface area contributed by atoms with Crippen molar-refractivity contribution in [3.8, 4) is 11.8 Å². The van der Waals surface area contributed by atoms with E-state index in [4.69, 9.17) is 0 Å². The van der Waals surface area contributed by atoms with Crippen LogP contribution in [-0.2, 0) is 26.5 Å². The molecule has 1 fully saturated rings. The molecule has 2 aliphatic heterocycles. The van der Waals surface area contributed by atoms with Crippen LogP contribution in [0.3, 0.4) is 0 Å². The third kappa shape index (κ3) is 4.63. The molecule has 0 amide bonds. The van der Waals surface area contributed by atoms with Gasteiger partial charge in [0.05, 0.1) is 12.3 Å². The number of halogens is 3. The smallest absolute Gasteiger partial charge is 0.327 e. The van der Waals surface area contributed by atoms with Gasteiger partial charge in [-0.2, -0.15) is 18.2 Å². The van der Waals surface area contributed by atoms with Crippen LogP contribution >= 0.6 is 0 Å². The first-order valence-electron chi connectivity index (χ1n) is 9.97. The van der Waals surface area contributed by atoms with Crippen LogP contribution in [-0.4, -0.2) is 79.8 Å². The number of carbonyl (C=O) groups excluding carboxylic acids is 1. The number of nitrogens with one attached hydrogen (secondary N) is 1. The Morgan fingerprint density at radius 2 is 1.94 bits per heavy atom. The van der Waals surface area contributed by atoms with E-state index in [0.717, 1.165) is 4.57 Å². The zero-order valence-electron chi connectivity index (χ0n) is 18.1. The Morgan fingerprint density at radius 1 is 1.30 bits per heavy atom. The molecule has 2 aliphatic rings. The molecule has 0 radical (unpaired) electrons. The van der Waals surface area contributed by atoms with Gasteiger partial charge in [0.1, 0.15) is 0 Å². The van der Waals surface area contributed by atoms with Gasteiger partial charge in [-0.25, -0.2) is 13.2 Å². The van der Waals surface area contributed by atoms with Gasteiger partial charge >= 0.3 is 12.1 Å². The molecule has 182 valence electrons. The van der Waals surface area contributed by atoms with Crippen molar-refractivity contribution in [3.05, 3.63) is 10.4 Å². The van der Waals surface area contributed by atoms with Gasteiger partial charge in [-0.1, -0.05) is 12.8 Å². The topological polar surface area (TPSA) is 117 Å². The second-order valence-electron chi connectivity index (χ2n) is 7.22. The van der Waals surface area contributed by atoms with E-state index in [1.165, 1.54) is 18.9 Å². The molecule has 0 aromatic carbocycles. The number of nitrogens with zero attached hydrogens (tertiary/aromatic N) is 5. The van der Waals surface area contributed by atoms with Gasteiger partial charge < -0.3 is 15.1 Å². The standard InChI is InChI=1S/C18H23F3N6O5S/c1-4-6-9-26-12-13(23-16(24(3)14(12)28)33(30,31)5-2)27(32-15(29)18(19,20)21)17(26)25-10-7-22-8-11-25/h17,22H,5,7-11H2,1-3H3. The summed E-state index contributed by atoms with van der Waals surface area (Å²) in [5, 5.41) is 3.01. The molecule has 11 nitrogen and oxygen atoms in total. The number of hydrogen-bond acceptors (Lipinski definition) is 10. The van der Waals surface area contributed by atoms with Crippen molar-refractivity contribution in [2.24, 2.45) is 7.05 Å². The van der Waals surface area contributed by atoms with Crippen LogP contribution < -0.4 is 20.8 Å². The Hall–Kier alpha value is -2.83. The Labute approximate surface area is 188 Å². The van der Waals surface area contributed by atoms with Crippen LogP contribution in [0.15, 0.2) is 9.95 Å². The lowest BCUT2D eigenvalue weighted by Gasteiger charge is -2.40. The minimum Gasteiger partial charge on any atom is -0.327 e. The molecule has 15 heteroatoms. The Bertz CT molecular complexity index is 1150. The number of rotatable bonds is 5. The van der Waals surface area contributed by atoms with Crippen LogP contribution in [0, 0.1) is 11.8 Å². The number of hydrogen-bond donors (Lipinski definition) is 1. The fourth-order valence-electron chi connectivity index (χ4n) is 3.54. The van der Waals surface area contributed by atoms with Gasteiger partial charge in [-0.3, -0.25) is 14.3 Å². The molecule has 1 saturated heterocycles. The molecule has 1 aromatic rings. The third-order valence-electron chi connectivity index (χ3n) is 5.17. The van der Waals surface area contributed by atoms with E-state index in [9.17, 15) is 31.2 Å². The summed E-state index contributed by atoms with van der Waals surface area (Å²) in [4.78, 5) is 36.7. The first kappa shape index (κ1) is 24.8. The normalized spacial score (nSPS) is 19.2. The van der Waals surface area contributed by atoms with E-state index < -0.39 is 50.6 Å². The first-order chi connectivity index (χ1) is 15.4. The lowest BCUT2D eigenvalue weighted by molar-refractivity contribution is -0.203. The maximum absolute atomic E-state index is 13.2. The summed E-state index contributed by atoms with van der Waals surface area (Å²) in [7, 11) is -2.84. The van der Waals surface area contributed by atoms with Crippen molar-refractivity contribution in [1.82, 2.24) is 19.8 Å². The van der Waals surface area contributed by atoms with Crippen molar-refractivity contribution in [2.75, 3.05) is 48.4 Å². The van der Waals surface area contributed by atoms with Crippen molar-refractivity contribution >= 4 is 27.3 Å². The molecule has 1 atom stereocenters. The molecular formula is C18H23F3N6O5S. The lowest BCUT2D eigenvalue weighted by atomic mass is 10.3. The number of hydroxylamine groups is 1. The van der Waals surface area contributed by atoms with Gasteiger partial charge in [0, 0.05) is 33.2 Å². The molecule has 33 heavy (non-hydrogen) atoms. The number of alkyl halides is 3. The molecular weight excluding hydrogens is 469 g/mol. The number of anilines is 2. The van der Waals surface area contributed by atoms with Gasteiger partial charge in [0.15, 0.2) is 17.8 Å². The van der Waals surface area contributed by atoms with Gasteiger partial charge in [-0.15, -0.1) is 11.0 Å². The van der Waals surface area contributed by atoms with Crippen LogP contribution in [0.2, 0.25) is 0 Å². The fourth-order valence-corrected chi connectivity index (χ4v) is 4.52. The van der Waals surface area contributed by atoms with Gasteiger partial charge in [0.25, 0.3) is 5.56 Å². The zero-order chi connectivity index (χ0) is 24.6. The Morgan fingerprint density at radius 3 is 2.48 bits per heavy atom. The highest BCUT2D eigenvalue weighted by Crippen LogP contribution is 2.38. The third-order valence-corrected chi connectivity index (χ3v) is 6.85. The van der Waals surface area contributed by atoms with E-state index in [1.807, 2.05) is 0 Å². The minimum absolute atomic E-state index is 0.102. The number of fused-ring (bicyclic) bond motifs is 1. The summed E-state index contributed by atoms with van der Waals surface area (Å²) in [6, 6.07) is 0. The summed E-state index contributed by atoms with van der Waals surface area (Å²) >= 11 is 0. The molecule has 3 heterocycles. The average molecular weight is 492 g/mol. The summed E-state index contributed by atoms with van der Waals surface area (Å²) < 4.78 is 65.1. The molecule has 1 unspecified atom stereocenters. The Balaban J connectivity index is 2.26. The average Bonchev–Trinajstić information content (AvgIpc) is 3.07.